The number of rotatable bonds is 5. The van der Waals surface area contributed by atoms with Crippen LogP contribution in [0.15, 0.2) is 35.6 Å². The van der Waals surface area contributed by atoms with Crippen LogP contribution in [0.1, 0.15) is 23.7 Å². The molecule has 1 aromatic carbocycles. The Morgan fingerprint density at radius 3 is 2.97 bits per heavy atom. The minimum Gasteiger partial charge on any atom is -0.465 e. The molecule has 0 aliphatic rings. The summed E-state index contributed by atoms with van der Waals surface area (Å²) in [6.45, 7) is 1.36. The highest BCUT2D eigenvalue weighted by Gasteiger charge is 2.25. The lowest BCUT2D eigenvalue weighted by Gasteiger charge is -2.17. The van der Waals surface area contributed by atoms with Gasteiger partial charge in [-0.25, -0.2) is 24.3 Å². The van der Waals surface area contributed by atoms with Gasteiger partial charge in [-0.15, -0.1) is 0 Å². The van der Waals surface area contributed by atoms with Gasteiger partial charge in [0.25, 0.3) is 5.56 Å². The molecule has 0 bridgehead atoms. The number of esters is 1. The molecule has 4 aromatic rings. The second-order valence-corrected chi connectivity index (χ2v) is 6.58. The first-order valence-electron chi connectivity index (χ1n) is 8.68. The smallest absolute Gasteiger partial charge is 0.326 e. The van der Waals surface area contributed by atoms with Gasteiger partial charge in [0, 0.05) is 0 Å². The van der Waals surface area contributed by atoms with Crippen LogP contribution in [0.3, 0.4) is 0 Å². The van der Waals surface area contributed by atoms with E-state index in [2.05, 4.69) is 37.5 Å². The molecule has 1 unspecified atom stereocenters. The Morgan fingerprint density at radius 1 is 1.34 bits per heavy atom. The quantitative estimate of drug-likeness (QED) is 0.378. The van der Waals surface area contributed by atoms with Crippen molar-refractivity contribution in [3.05, 3.63) is 58.5 Å². The molecule has 0 radical (unpaired) electrons. The number of imidazole rings is 1. The molecular formula is C18H15FN6O3S. The third-order valence-corrected chi connectivity index (χ3v) is 4.79. The van der Waals surface area contributed by atoms with Gasteiger partial charge < -0.3 is 9.72 Å². The molecule has 3 heterocycles. The number of H-pyrrole nitrogens is 1. The normalized spacial score (nSPS) is 12.4. The molecule has 0 fully saturated rings. The monoisotopic (exact) mass is 414 g/mol. The second-order valence-electron chi connectivity index (χ2n) is 6.06. The van der Waals surface area contributed by atoms with E-state index in [0.29, 0.717) is 16.9 Å². The number of hydrogen-bond acceptors (Lipinski definition) is 8. The lowest BCUT2D eigenvalue weighted by Crippen LogP contribution is -2.31. The van der Waals surface area contributed by atoms with Crippen molar-refractivity contribution in [1.82, 2.24) is 29.5 Å². The molecule has 148 valence electrons. The number of halogens is 1. The molecule has 0 amide bonds. The fraction of sp³-hybridized carbons (Fsp3) is 0.222. The van der Waals surface area contributed by atoms with Gasteiger partial charge in [0.05, 0.1) is 24.1 Å². The highest BCUT2D eigenvalue weighted by atomic mass is 32.1. The minimum absolute atomic E-state index is 0.124. The number of hydrogen-bond donors (Lipinski definition) is 2. The molecule has 0 saturated heterocycles. The first kappa shape index (κ1) is 19.0. The van der Waals surface area contributed by atoms with Gasteiger partial charge in [0.1, 0.15) is 40.7 Å². The van der Waals surface area contributed by atoms with Crippen LogP contribution in [0.25, 0.3) is 22.1 Å². The maximum Gasteiger partial charge on any atom is 0.326 e. The fourth-order valence-electron chi connectivity index (χ4n) is 3.05. The van der Waals surface area contributed by atoms with E-state index in [4.69, 9.17) is 4.74 Å². The summed E-state index contributed by atoms with van der Waals surface area (Å²) >= 11 is 4.60. The van der Waals surface area contributed by atoms with Gasteiger partial charge in [-0.3, -0.25) is 14.2 Å². The van der Waals surface area contributed by atoms with Crippen molar-refractivity contribution >= 4 is 40.7 Å². The van der Waals surface area contributed by atoms with Gasteiger partial charge in [0.15, 0.2) is 5.65 Å². The van der Waals surface area contributed by atoms with E-state index in [-0.39, 0.29) is 23.3 Å². The largest absolute Gasteiger partial charge is 0.465 e. The van der Waals surface area contributed by atoms with Gasteiger partial charge in [-0.1, -0.05) is 6.07 Å². The molecule has 11 heteroatoms. The van der Waals surface area contributed by atoms with Crippen LogP contribution in [0, 0.1) is 5.82 Å². The van der Waals surface area contributed by atoms with Gasteiger partial charge in [0.2, 0.25) is 0 Å². The van der Waals surface area contributed by atoms with Crippen molar-refractivity contribution in [2.75, 3.05) is 6.61 Å². The van der Waals surface area contributed by atoms with Crippen LogP contribution in [0.2, 0.25) is 0 Å². The zero-order chi connectivity index (χ0) is 20.5. The van der Waals surface area contributed by atoms with E-state index in [1.165, 1.54) is 24.8 Å². The third kappa shape index (κ3) is 3.33. The molecule has 1 atom stereocenters. The van der Waals surface area contributed by atoms with Crippen LogP contribution in [-0.4, -0.2) is 42.1 Å². The summed E-state index contributed by atoms with van der Waals surface area (Å²) in [7, 11) is 0. The van der Waals surface area contributed by atoms with E-state index in [1.807, 2.05) is 0 Å². The SMILES string of the molecule is CCOC(=O)Cn1c(C(S)c2ncnc3nc[nH]c23)nc2cccc(F)c2c1=O. The summed E-state index contributed by atoms with van der Waals surface area (Å²) < 4.78 is 20.3. The highest BCUT2D eigenvalue weighted by molar-refractivity contribution is 7.80. The molecule has 0 spiro atoms. The fourth-order valence-corrected chi connectivity index (χ4v) is 3.44. The summed E-state index contributed by atoms with van der Waals surface area (Å²) in [5.74, 6) is -1.25. The molecule has 9 nitrogen and oxygen atoms in total. The predicted molar refractivity (Wildman–Crippen MR) is 105 cm³/mol. The van der Waals surface area contributed by atoms with Crippen molar-refractivity contribution in [2.45, 2.75) is 18.7 Å². The topological polar surface area (TPSA) is 116 Å². The zero-order valence-corrected chi connectivity index (χ0v) is 16.1. The summed E-state index contributed by atoms with van der Waals surface area (Å²) in [4.78, 5) is 44.9. The molecule has 4 rings (SSSR count). The minimum atomic E-state index is -0.823. The Kier molecular flexibility index (Phi) is 4.97. The van der Waals surface area contributed by atoms with Crippen molar-refractivity contribution < 1.29 is 13.9 Å². The van der Waals surface area contributed by atoms with E-state index < -0.39 is 29.1 Å². The lowest BCUT2D eigenvalue weighted by atomic mass is 10.2. The van der Waals surface area contributed by atoms with Crippen molar-refractivity contribution in [1.29, 1.82) is 0 Å². The molecule has 0 aliphatic heterocycles. The Labute approximate surface area is 168 Å². The number of carbonyl (C=O) groups excluding carboxylic acids is 1. The van der Waals surface area contributed by atoms with Crippen molar-refractivity contribution in [2.24, 2.45) is 0 Å². The van der Waals surface area contributed by atoms with Crippen LogP contribution >= 0.6 is 12.6 Å². The standard InChI is InChI=1S/C18H15FN6O3S/c1-2-28-11(26)6-25-17(24-10-5-3-4-9(19)12(10)18(25)27)15(29)13-14-16(22-7-20-13)23-8-21-14/h3-5,7-8,15,29H,2,6H2,1H3,(H,20,21,22,23). The molecule has 0 saturated carbocycles. The number of nitrogens with one attached hydrogen (secondary N) is 1. The van der Waals surface area contributed by atoms with Crippen LogP contribution in [-0.2, 0) is 16.1 Å². The molecular weight excluding hydrogens is 399 g/mol. The number of thiol groups is 1. The van der Waals surface area contributed by atoms with Crippen molar-refractivity contribution in [3.63, 3.8) is 0 Å². The molecule has 29 heavy (non-hydrogen) atoms. The number of fused-ring (bicyclic) bond motifs is 2. The van der Waals surface area contributed by atoms with E-state index in [0.717, 1.165) is 10.6 Å². The van der Waals surface area contributed by atoms with Gasteiger partial charge >= 0.3 is 5.97 Å². The molecule has 0 aliphatic carbocycles. The van der Waals surface area contributed by atoms with Crippen LogP contribution in [0.4, 0.5) is 4.39 Å². The average Bonchev–Trinajstić information content (AvgIpc) is 3.18. The van der Waals surface area contributed by atoms with Crippen molar-refractivity contribution in [3.8, 4) is 0 Å². The Morgan fingerprint density at radius 2 is 2.17 bits per heavy atom. The zero-order valence-electron chi connectivity index (χ0n) is 15.2. The van der Waals surface area contributed by atoms with Gasteiger partial charge in [-0.05, 0) is 19.1 Å². The number of aromatic nitrogens is 6. The number of benzene rings is 1. The summed E-state index contributed by atoms with van der Waals surface area (Å²) in [5, 5.41) is -1.04. The maximum atomic E-state index is 14.3. The highest BCUT2D eigenvalue weighted by Crippen LogP contribution is 2.29. The average molecular weight is 414 g/mol. The first-order chi connectivity index (χ1) is 14.0. The summed E-state index contributed by atoms with van der Waals surface area (Å²) in [6, 6.07) is 4.13. The third-order valence-electron chi connectivity index (χ3n) is 4.31. The van der Waals surface area contributed by atoms with E-state index in [1.54, 1.807) is 6.92 Å². The molecule has 3 aromatic heterocycles. The summed E-state index contributed by atoms with van der Waals surface area (Å²) in [6.07, 6.45) is 2.77. The number of ether oxygens (including phenoxy) is 1. The van der Waals surface area contributed by atoms with E-state index >= 15 is 0 Å². The Hall–Kier alpha value is -3.34. The maximum absolute atomic E-state index is 14.3. The number of aromatic amines is 1. The Balaban J connectivity index is 1.95. The predicted octanol–water partition coefficient (Wildman–Crippen LogP) is 1.78. The molecule has 1 N–H and O–H groups in total. The second kappa shape index (κ2) is 7.59. The Bertz CT molecular complexity index is 1290. The first-order valence-corrected chi connectivity index (χ1v) is 9.19. The van der Waals surface area contributed by atoms with Crippen LogP contribution < -0.4 is 5.56 Å². The van der Waals surface area contributed by atoms with Gasteiger partial charge in [-0.2, -0.15) is 12.6 Å². The lowest BCUT2D eigenvalue weighted by molar-refractivity contribution is -0.143. The summed E-state index contributed by atoms with van der Waals surface area (Å²) in [5.41, 5.74) is 0.796. The number of carbonyl (C=O) groups is 1. The number of nitrogens with zero attached hydrogens (tertiary/aromatic N) is 5. The van der Waals surface area contributed by atoms with Crippen LogP contribution in [0.5, 0.6) is 0 Å². The van der Waals surface area contributed by atoms with E-state index in [9.17, 15) is 14.0 Å².